The van der Waals surface area contributed by atoms with Crippen LogP contribution in [0.2, 0.25) is 0 Å². The van der Waals surface area contributed by atoms with E-state index in [0.717, 1.165) is 16.6 Å². The van der Waals surface area contributed by atoms with Gasteiger partial charge in [-0.2, -0.15) is 0 Å². The molecule has 0 fully saturated rings. The summed E-state index contributed by atoms with van der Waals surface area (Å²) in [4.78, 5) is 12.5. The molecule has 3 aromatic rings. The third-order valence-electron chi connectivity index (χ3n) is 2.98. The number of nitrogens with zero attached hydrogens (tertiary/aromatic N) is 3. The van der Waals surface area contributed by atoms with Gasteiger partial charge in [0.1, 0.15) is 17.8 Å². The van der Waals surface area contributed by atoms with E-state index in [1.165, 1.54) is 17.7 Å². The number of ether oxygens (including phenoxy) is 1. The van der Waals surface area contributed by atoms with Gasteiger partial charge in [-0.25, -0.2) is 15.0 Å². The molecular weight excluding hydrogens is 312 g/mol. The SMILES string of the molecule is CCOc1ccccc1Nc1ncnc(Nc2nccs2)c1N. The average Bonchev–Trinajstić information content (AvgIpc) is 3.06. The molecule has 0 spiro atoms. The molecule has 2 heterocycles. The van der Waals surface area contributed by atoms with Crippen LogP contribution in [0.25, 0.3) is 0 Å². The molecule has 8 heteroatoms. The van der Waals surface area contributed by atoms with Crippen molar-refractivity contribution in [2.45, 2.75) is 6.92 Å². The van der Waals surface area contributed by atoms with E-state index in [-0.39, 0.29) is 0 Å². The van der Waals surface area contributed by atoms with Crippen molar-refractivity contribution in [1.29, 1.82) is 0 Å². The van der Waals surface area contributed by atoms with Gasteiger partial charge in [-0.3, -0.25) is 0 Å². The molecule has 0 aliphatic rings. The van der Waals surface area contributed by atoms with Gasteiger partial charge in [0.05, 0.1) is 12.3 Å². The van der Waals surface area contributed by atoms with Crippen molar-refractivity contribution in [1.82, 2.24) is 15.0 Å². The number of hydrogen-bond acceptors (Lipinski definition) is 8. The fraction of sp³-hybridized carbons (Fsp3) is 0.133. The molecule has 0 aliphatic heterocycles. The molecule has 0 unspecified atom stereocenters. The lowest BCUT2D eigenvalue weighted by Gasteiger charge is -2.14. The molecule has 3 rings (SSSR count). The minimum absolute atomic E-state index is 0.411. The number of nitrogen functional groups attached to an aromatic ring is 1. The minimum atomic E-state index is 0.411. The number of rotatable bonds is 6. The highest BCUT2D eigenvalue weighted by Gasteiger charge is 2.11. The molecule has 0 aliphatic carbocycles. The second kappa shape index (κ2) is 6.93. The van der Waals surface area contributed by atoms with Gasteiger partial charge in [-0.05, 0) is 19.1 Å². The number of anilines is 5. The molecule has 118 valence electrons. The molecule has 0 amide bonds. The second-order valence-corrected chi connectivity index (χ2v) is 5.40. The molecular formula is C15H16N6OS. The first kappa shape index (κ1) is 15.0. The van der Waals surface area contributed by atoms with Crippen LogP contribution >= 0.6 is 11.3 Å². The second-order valence-electron chi connectivity index (χ2n) is 4.50. The predicted molar refractivity (Wildman–Crippen MR) is 92.7 cm³/mol. The number of aromatic nitrogens is 3. The van der Waals surface area contributed by atoms with Gasteiger partial charge in [0.2, 0.25) is 0 Å². The van der Waals surface area contributed by atoms with Crippen LogP contribution in [0.4, 0.5) is 28.1 Å². The Bertz CT molecular complexity index is 777. The van der Waals surface area contributed by atoms with E-state index in [1.54, 1.807) is 6.20 Å². The van der Waals surface area contributed by atoms with Crippen LogP contribution < -0.4 is 21.1 Å². The monoisotopic (exact) mass is 328 g/mol. The molecule has 7 nitrogen and oxygen atoms in total. The minimum Gasteiger partial charge on any atom is -0.492 e. The zero-order valence-corrected chi connectivity index (χ0v) is 13.3. The fourth-order valence-corrected chi connectivity index (χ4v) is 2.49. The summed E-state index contributed by atoms with van der Waals surface area (Å²) >= 11 is 1.47. The lowest BCUT2D eigenvalue weighted by atomic mass is 10.3. The van der Waals surface area contributed by atoms with Crippen LogP contribution in [0.3, 0.4) is 0 Å². The first-order chi connectivity index (χ1) is 11.3. The quantitative estimate of drug-likeness (QED) is 0.638. The van der Waals surface area contributed by atoms with Gasteiger partial charge in [-0.1, -0.05) is 12.1 Å². The summed E-state index contributed by atoms with van der Waals surface area (Å²) in [5.41, 5.74) is 7.36. The predicted octanol–water partition coefficient (Wildman–Crippen LogP) is 3.40. The third-order valence-corrected chi connectivity index (χ3v) is 3.67. The van der Waals surface area contributed by atoms with Gasteiger partial charge in [0.25, 0.3) is 0 Å². The van der Waals surface area contributed by atoms with Crippen molar-refractivity contribution in [2.24, 2.45) is 0 Å². The van der Waals surface area contributed by atoms with Crippen molar-refractivity contribution in [3.63, 3.8) is 0 Å². The van der Waals surface area contributed by atoms with Gasteiger partial charge in [-0.15, -0.1) is 11.3 Å². The van der Waals surface area contributed by atoms with Crippen LogP contribution in [-0.4, -0.2) is 21.6 Å². The van der Waals surface area contributed by atoms with Crippen LogP contribution in [0.5, 0.6) is 5.75 Å². The van der Waals surface area contributed by atoms with E-state index in [2.05, 4.69) is 25.6 Å². The van der Waals surface area contributed by atoms with Gasteiger partial charge in [0.15, 0.2) is 16.8 Å². The largest absolute Gasteiger partial charge is 0.492 e. The van der Waals surface area contributed by atoms with E-state index in [4.69, 9.17) is 10.5 Å². The summed E-state index contributed by atoms with van der Waals surface area (Å²) in [5.74, 6) is 1.75. The summed E-state index contributed by atoms with van der Waals surface area (Å²) in [6.07, 6.45) is 3.15. The average molecular weight is 328 g/mol. The lowest BCUT2D eigenvalue weighted by molar-refractivity contribution is 0.342. The summed E-state index contributed by atoms with van der Waals surface area (Å²) in [7, 11) is 0. The highest BCUT2D eigenvalue weighted by atomic mass is 32.1. The summed E-state index contributed by atoms with van der Waals surface area (Å²) in [6.45, 7) is 2.51. The van der Waals surface area contributed by atoms with E-state index in [0.29, 0.717) is 23.9 Å². The standard InChI is InChI=1S/C15H16N6OS/c1-2-22-11-6-4-3-5-10(11)20-13-12(16)14(19-9-18-13)21-15-17-7-8-23-15/h3-9H,2,16H2,1H3,(H2,17,18,19,20,21). The van der Waals surface area contributed by atoms with Crippen LogP contribution in [0, 0.1) is 0 Å². The van der Waals surface area contributed by atoms with Crippen molar-refractivity contribution in [3.8, 4) is 5.75 Å². The maximum atomic E-state index is 6.16. The summed E-state index contributed by atoms with van der Waals surface area (Å²) in [5, 5.41) is 8.86. The van der Waals surface area contributed by atoms with E-state index < -0.39 is 0 Å². The smallest absolute Gasteiger partial charge is 0.188 e. The van der Waals surface area contributed by atoms with Crippen LogP contribution in [0.1, 0.15) is 6.92 Å². The van der Waals surface area contributed by atoms with E-state index >= 15 is 0 Å². The summed E-state index contributed by atoms with van der Waals surface area (Å²) < 4.78 is 5.59. The summed E-state index contributed by atoms with van der Waals surface area (Å²) in [6, 6.07) is 7.62. The van der Waals surface area contributed by atoms with Crippen LogP contribution in [-0.2, 0) is 0 Å². The maximum Gasteiger partial charge on any atom is 0.188 e. The van der Waals surface area contributed by atoms with E-state index in [9.17, 15) is 0 Å². The third kappa shape index (κ3) is 3.49. The number of benzene rings is 1. The Morgan fingerprint density at radius 1 is 1.13 bits per heavy atom. The normalized spacial score (nSPS) is 10.3. The highest BCUT2D eigenvalue weighted by molar-refractivity contribution is 7.13. The van der Waals surface area contributed by atoms with Crippen LogP contribution in [0.15, 0.2) is 42.2 Å². The van der Waals surface area contributed by atoms with Crippen molar-refractivity contribution in [3.05, 3.63) is 42.2 Å². The molecule has 0 bridgehead atoms. The maximum absolute atomic E-state index is 6.16. The first-order valence-electron chi connectivity index (χ1n) is 7.03. The lowest BCUT2D eigenvalue weighted by Crippen LogP contribution is -2.06. The molecule has 2 aromatic heterocycles. The van der Waals surface area contributed by atoms with Gasteiger partial charge < -0.3 is 21.1 Å². The first-order valence-corrected chi connectivity index (χ1v) is 7.91. The number of nitrogens with one attached hydrogen (secondary N) is 2. The van der Waals surface area contributed by atoms with E-state index in [1.807, 2.05) is 36.6 Å². The van der Waals surface area contributed by atoms with Crippen molar-refractivity contribution < 1.29 is 4.74 Å². The Morgan fingerprint density at radius 2 is 1.91 bits per heavy atom. The Balaban J connectivity index is 1.86. The number of hydrogen-bond donors (Lipinski definition) is 3. The fourth-order valence-electron chi connectivity index (χ4n) is 1.96. The number of thiazole rings is 1. The molecule has 1 aromatic carbocycles. The Morgan fingerprint density at radius 3 is 2.65 bits per heavy atom. The molecule has 0 atom stereocenters. The Kier molecular flexibility index (Phi) is 4.53. The molecule has 0 saturated heterocycles. The number of nitrogens with two attached hydrogens (primary N) is 1. The highest BCUT2D eigenvalue weighted by Crippen LogP contribution is 2.32. The Hall–Kier alpha value is -2.87. The topological polar surface area (TPSA) is 98.0 Å². The molecule has 23 heavy (non-hydrogen) atoms. The van der Waals surface area contributed by atoms with Gasteiger partial charge in [0, 0.05) is 11.6 Å². The van der Waals surface area contributed by atoms with Crippen molar-refractivity contribution in [2.75, 3.05) is 23.0 Å². The molecule has 0 radical (unpaired) electrons. The van der Waals surface area contributed by atoms with Crippen molar-refractivity contribution >= 4 is 39.5 Å². The molecule has 0 saturated carbocycles. The zero-order valence-electron chi connectivity index (χ0n) is 12.5. The molecule has 4 N–H and O–H groups in total. The Labute approximate surface area is 137 Å². The van der Waals surface area contributed by atoms with Gasteiger partial charge >= 0.3 is 0 Å². The number of para-hydroxylation sites is 2. The zero-order chi connectivity index (χ0) is 16.1.